The molecule has 0 bridgehead atoms. The molecule has 2 heterocycles. The molecule has 0 radical (unpaired) electrons. The van der Waals surface area contributed by atoms with E-state index in [2.05, 4.69) is 30.4 Å². The van der Waals surface area contributed by atoms with Gasteiger partial charge in [0.25, 0.3) is 0 Å². The minimum absolute atomic E-state index is 0.523. The van der Waals surface area contributed by atoms with Crippen molar-refractivity contribution in [3.8, 4) is 0 Å². The zero-order valence-corrected chi connectivity index (χ0v) is 13.2. The van der Waals surface area contributed by atoms with Crippen LogP contribution >= 0.6 is 34.9 Å². The summed E-state index contributed by atoms with van der Waals surface area (Å²) >= 11 is 6.15. The number of hydrogen-bond donors (Lipinski definition) is 1. The molecule has 1 aliphatic carbocycles. The van der Waals surface area contributed by atoms with Crippen molar-refractivity contribution >= 4 is 34.9 Å². The van der Waals surface area contributed by atoms with Crippen LogP contribution in [-0.2, 0) is 6.42 Å². The molecular formula is C13H20N2S3. The summed E-state index contributed by atoms with van der Waals surface area (Å²) in [5.74, 6) is 3.08. The molecule has 1 aromatic heterocycles. The third-order valence-corrected chi connectivity index (χ3v) is 8.27. The Hall–Kier alpha value is 0.290. The Morgan fingerprint density at radius 1 is 1.33 bits per heavy atom. The molecule has 2 aliphatic rings. The lowest BCUT2D eigenvalue weighted by Gasteiger charge is -2.26. The smallest absolute Gasteiger partial charge is 0.107 e. The molecule has 2 N–H and O–H groups in total. The topological polar surface area (TPSA) is 38.9 Å². The number of fused-ring (bicyclic) bond motifs is 1. The fraction of sp³-hybridized carbons (Fsp3) is 0.769. The van der Waals surface area contributed by atoms with Gasteiger partial charge in [-0.15, -0.1) is 23.1 Å². The maximum atomic E-state index is 5.89. The first kappa shape index (κ1) is 13.3. The van der Waals surface area contributed by atoms with Gasteiger partial charge in [-0.25, -0.2) is 4.98 Å². The average molecular weight is 301 g/mol. The summed E-state index contributed by atoms with van der Waals surface area (Å²) in [6, 6.07) is 0. The molecule has 3 unspecified atom stereocenters. The summed E-state index contributed by atoms with van der Waals surface area (Å²) in [7, 11) is 0. The van der Waals surface area contributed by atoms with Gasteiger partial charge in [-0.2, -0.15) is 11.8 Å². The van der Waals surface area contributed by atoms with Crippen molar-refractivity contribution in [1.29, 1.82) is 0 Å². The van der Waals surface area contributed by atoms with Crippen LogP contribution in [0.15, 0.2) is 0 Å². The number of thiazole rings is 1. The molecule has 1 saturated heterocycles. The summed E-state index contributed by atoms with van der Waals surface area (Å²) in [4.78, 5) is 6.50. The van der Waals surface area contributed by atoms with Crippen LogP contribution in [0.2, 0.25) is 0 Å². The predicted octanol–water partition coefficient (Wildman–Crippen LogP) is 3.43. The molecule has 0 amide bonds. The standard InChI is InChI=1S/C13H20N2S3/c1-8-12(17-6-5-16-8)13-15-11-9(7-14)3-2-4-10(11)18-13/h8-9,12H,2-7,14H2,1H3. The fourth-order valence-electron chi connectivity index (χ4n) is 2.78. The van der Waals surface area contributed by atoms with Crippen LogP contribution in [0.1, 0.15) is 46.5 Å². The Bertz CT molecular complexity index is 418. The van der Waals surface area contributed by atoms with Gasteiger partial charge in [0, 0.05) is 34.1 Å². The molecular weight excluding hydrogens is 280 g/mol. The highest BCUT2D eigenvalue weighted by molar-refractivity contribution is 8.06. The van der Waals surface area contributed by atoms with Crippen molar-refractivity contribution in [3.63, 3.8) is 0 Å². The number of rotatable bonds is 2. The monoisotopic (exact) mass is 300 g/mol. The predicted molar refractivity (Wildman–Crippen MR) is 84.0 cm³/mol. The second-order valence-corrected chi connectivity index (χ2v) is 8.90. The van der Waals surface area contributed by atoms with Gasteiger partial charge < -0.3 is 5.73 Å². The largest absolute Gasteiger partial charge is 0.330 e. The van der Waals surface area contributed by atoms with Gasteiger partial charge in [0.2, 0.25) is 0 Å². The van der Waals surface area contributed by atoms with E-state index in [1.165, 1.54) is 46.3 Å². The van der Waals surface area contributed by atoms with Gasteiger partial charge in [0.1, 0.15) is 5.01 Å². The molecule has 1 aliphatic heterocycles. The van der Waals surface area contributed by atoms with E-state index in [1.807, 2.05) is 11.3 Å². The summed E-state index contributed by atoms with van der Waals surface area (Å²) in [5, 5.41) is 2.68. The van der Waals surface area contributed by atoms with Crippen molar-refractivity contribution in [2.24, 2.45) is 5.73 Å². The summed E-state index contributed by atoms with van der Waals surface area (Å²) < 4.78 is 0. The maximum Gasteiger partial charge on any atom is 0.107 e. The Kier molecular flexibility index (Phi) is 4.23. The lowest BCUT2D eigenvalue weighted by atomic mass is 9.91. The molecule has 0 saturated carbocycles. The van der Waals surface area contributed by atoms with Crippen molar-refractivity contribution in [2.75, 3.05) is 18.1 Å². The Balaban J connectivity index is 1.87. The van der Waals surface area contributed by atoms with E-state index in [0.717, 1.165) is 6.54 Å². The number of hydrogen-bond acceptors (Lipinski definition) is 5. The number of thioether (sulfide) groups is 2. The van der Waals surface area contributed by atoms with Crippen molar-refractivity contribution in [1.82, 2.24) is 4.98 Å². The molecule has 0 aromatic carbocycles. The van der Waals surface area contributed by atoms with E-state index in [-0.39, 0.29) is 0 Å². The normalized spacial score (nSPS) is 32.2. The number of nitrogens with two attached hydrogens (primary N) is 1. The highest BCUT2D eigenvalue weighted by atomic mass is 32.2. The molecule has 5 heteroatoms. The third kappa shape index (κ3) is 2.47. The lowest BCUT2D eigenvalue weighted by Crippen LogP contribution is -2.18. The van der Waals surface area contributed by atoms with E-state index >= 15 is 0 Å². The highest BCUT2D eigenvalue weighted by Gasteiger charge is 2.30. The zero-order valence-electron chi connectivity index (χ0n) is 10.7. The summed E-state index contributed by atoms with van der Waals surface area (Å²) in [5.41, 5.74) is 7.23. The molecule has 0 spiro atoms. The van der Waals surface area contributed by atoms with Gasteiger partial charge in [-0.1, -0.05) is 6.92 Å². The van der Waals surface area contributed by atoms with Gasteiger partial charge in [0.15, 0.2) is 0 Å². The molecule has 2 nitrogen and oxygen atoms in total. The molecule has 18 heavy (non-hydrogen) atoms. The quantitative estimate of drug-likeness (QED) is 0.908. The van der Waals surface area contributed by atoms with Gasteiger partial charge in [-0.3, -0.25) is 0 Å². The van der Waals surface area contributed by atoms with Crippen LogP contribution in [0, 0.1) is 0 Å². The first-order valence-electron chi connectivity index (χ1n) is 6.72. The molecule has 1 fully saturated rings. The van der Waals surface area contributed by atoms with Crippen molar-refractivity contribution in [2.45, 2.75) is 42.6 Å². The number of nitrogens with zero attached hydrogens (tertiary/aromatic N) is 1. The van der Waals surface area contributed by atoms with Crippen molar-refractivity contribution in [3.05, 3.63) is 15.6 Å². The fourth-order valence-corrected chi connectivity index (χ4v) is 7.13. The molecule has 3 atom stereocenters. The van der Waals surface area contributed by atoms with Crippen LogP contribution in [0.5, 0.6) is 0 Å². The molecule has 1 aromatic rings. The van der Waals surface area contributed by atoms with Crippen molar-refractivity contribution < 1.29 is 0 Å². The molecule has 3 rings (SSSR count). The zero-order chi connectivity index (χ0) is 12.5. The van der Waals surface area contributed by atoms with E-state index in [0.29, 0.717) is 16.4 Å². The van der Waals surface area contributed by atoms with Gasteiger partial charge in [0.05, 0.1) is 10.9 Å². The van der Waals surface area contributed by atoms with E-state index in [4.69, 9.17) is 10.7 Å². The van der Waals surface area contributed by atoms with Crippen LogP contribution in [0.25, 0.3) is 0 Å². The maximum absolute atomic E-state index is 5.89. The first-order valence-corrected chi connectivity index (χ1v) is 9.63. The Morgan fingerprint density at radius 3 is 2.94 bits per heavy atom. The third-order valence-electron chi connectivity index (χ3n) is 3.80. The van der Waals surface area contributed by atoms with Crippen LogP contribution < -0.4 is 5.73 Å². The SMILES string of the molecule is CC1SCCSC1c1nc2c(s1)CCCC2CN. The minimum Gasteiger partial charge on any atom is -0.330 e. The van der Waals surface area contributed by atoms with E-state index in [9.17, 15) is 0 Å². The highest BCUT2D eigenvalue weighted by Crippen LogP contribution is 2.46. The van der Waals surface area contributed by atoms with Gasteiger partial charge >= 0.3 is 0 Å². The number of aryl methyl sites for hydroxylation is 1. The first-order chi connectivity index (χ1) is 8.79. The second kappa shape index (κ2) is 5.73. The Labute approximate surface area is 122 Å². The average Bonchev–Trinajstić information content (AvgIpc) is 2.82. The summed E-state index contributed by atoms with van der Waals surface area (Å²) in [6.07, 6.45) is 3.75. The second-order valence-electron chi connectivity index (χ2n) is 5.05. The van der Waals surface area contributed by atoms with Gasteiger partial charge in [-0.05, 0) is 19.3 Å². The molecule has 100 valence electrons. The lowest BCUT2D eigenvalue weighted by molar-refractivity contribution is 0.552. The van der Waals surface area contributed by atoms with E-state index in [1.54, 1.807) is 0 Å². The van der Waals surface area contributed by atoms with Crippen LogP contribution in [0.3, 0.4) is 0 Å². The van der Waals surface area contributed by atoms with Crippen LogP contribution in [0.4, 0.5) is 0 Å². The minimum atomic E-state index is 0.523. The number of aromatic nitrogens is 1. The van der Waals surface area contributed by atoms with Crippen LogP contribution in [-0.4, -0.2) is 28.3 Å². The Morgan fingerprint density at radius 2 is 2.17 bits per heavy atom. The summed E-state index contributed by atoms with van der Waals surface area (Å²) in [6.45, 7) is 3.11. The van der Waals surface area contributed by atoms with E-state index < -0.39 is 0 Å².